The first-order valence-corrected chi connectivity index (χ1v) is 5.73. The molecule has 1 aliphatic carbocycles. The monoisotopic (exact) mass is 196 g/mol. The number of aliphatic hydroxyl groups is 1. The summed E-state index contributed by atoms with van der Waals surface area (Å²) in [5.74, 6) is 0. The molecule has 0 radical (unpaired) electrons. The van der Waals surface area contributed by atoms with Gasteiger partial charge in [-0.25, -0.2) is 0 Å². The normalized spacial score (nSPS) is 43.8. The molecule has 0 bridgehead atoms. The van der Waals surface area contributed by atoms with Crippen LogP contribution in [0.4, 0.5) is 0 Å². The third-order valence-corrected chi connectivity index (χ3v) is 3.56. The Balaban J connectivity index is 2.02. The Bertz CT molecular complexity index is 210. The summed E-state index contributed by atoms with van der Waals surface area (Å²) in [4.78, 5) is 0. The van der Waals surface area contributed by atoms with Crippen LogP contribution in [-0.2, 0) is 4.74 Å². The lowest BCUT2D eigenvalue weighted by Crippen LogP contribution is -2.45. The van der Waals surface area contributed by atoms with Crippen molar-refractivity contribution < 1.29 is 9.84 Å². The fourth-order valence-electron chi connectivity index (χ4n) is 2.86. The van der Waals surface area contributed by atoms with Crippen LogP contribution < -0.4 is 0 Å². The van der Waals surface area contributed by atoms with Crippen molar-refractivity contribution in [3.8, 4) is 0 Å². The fourth-order valence-corrected chi connectivity index (χ4v) is 2.86. The van der Waals surface area contributed by atoms with E-state index in [1.54, 1.807) is 0 Å². The minimum Gasteiger partial charge on any atom is -0.393 e. The smallest absolute Gasteiger partial charge is 0.0760 e. The van der Waals surface area contributed by atoms with Crippen molar-refractivity contribution in [2.75, 3.05) is 0 Å². The molecule has 1 spiro atoms. The molecule has 2 fully saturated rings. The van der Waals surface area contributed by atoms with E-state index in [-0.39, 0.29) is 17.8 Å². The van der Waals surface area contributed by atoms with Crippen LogP contribution in [0.3, 0.4) is 0 Å². The average Bonchev–Trinajstić information content (AvgIpc) is 2.17. The molecule has 2 rings (SSSR count). The maximum Gasteiger partial charge on any atom is 0.0760 e. The molecule has 14 heavy (non-hydrogen) atoms. The Labute approximate surface area is 86.0 Å². The van der Waals surface area contributed by atoms with Gasteiger partial charge in [0.1, 0.15) is 0 Å². The third kappa shape index (κ3) is 2.01. The number of aliphatic hydroxyl groups excluding tert-OH is 1. The van der Waals surface area contributed by atoms with Crippen molar-refractivity contribution in [2.45, 2.75) is 62.8 Å². The standard InChI is InChI=1S/C12H20O2/c1-2-11-6-4-8-12(14-11)7-3-5-10(13)9-12/h2,10-11,13H,1,3-9H2/t10?,11-,12+/m0/s1. The van der Waals surface area contributed by atoms with Crippen molar-refractivity contribution >= 4 is 0 Å². The second-order valence-corrected chi connectivity index (χ2v) is 4.72. The van der Waals surface area contributed by atoms with E-state index in [4.69, 9.17) is 4.74 Å². The lowest BCUT2D eigenvalue weighted by Gasteiger charge is -2.44. The van der Waals surface area contributed by atoms with Crippen LogP contribution in [0.5, 0.6) is 0 Å². The van der Waals surface area contributed by atoms with Gasteiger partial charge in [-0.1, -0.05) is 6.08 Å². The summed E-state index contributed by atoms with van der Waals surface area (Å²) in [6.45, 7) is 3.79. The van der Waals surface area contributed by atoms with Crippen LogP contribution >= 0.6 is 0 Å². The van der Waals surface area contributed by atoms with Crippen LogP contribution in [0.25, 0.3) is 0 Å². The summed E-state index contributed by atoms with van der Waals surface area (Å²) in [6.07, 6.45) is 9.41. The van der Waals surface area contributed by atoms with Gasteiger partial charge in [-0.15, -0.1) is 6.58 Å². The molecule has 2 nitrogen and oxygen atoms in total. The zero-order valence-electron chi connectivity index (χ0n) is 8.74. The SMILES string of the molecule is C=C[C@H]1CCC[C@@]2(CCCC(O)C2)O1. The van der Waals surface area contributed by atoms with E-state index in [0.717, 1.165) is 38.5 Å². The van der Waals surface area contributed by atoms with Gasteiger partial charge in [0.25, 0.3) is 0 Å². The zero-order valence-corrected chi connectivity index (χ0v) is 8.74. The van der Waals surface area contributed by atoms with Gasteiger partial charge in [0.15, 0.2) is 0 Å². The molecule has 1 saturated heterocycles. The fraction of sp³-hybridized carbons (Fsp3) is 0.833. The average molecular weight is 196 g/mol. The molecule has 1 N–H and O–H groups in total. The highest BCUT2D eigenvalue weighted by atomic mass is 16.5. The molecule has 0 amide bonds. The number of ether oxygens (including phenoxy) is 1. The molecule has 0 aromatic carbocycles. The Morgan fingerprint density at radius 3 is 2.64 bits per heavy atom. The lowest BCUT2D eigenvalue weighted by atomic mass is 9.77. The minimum absolute atomic E-state index is 0.0191. The van der Waals surface area contributed by atoms with Crippen molar-refractivity contribution in [1.29, 1.82) is 0 Å². The van der Waals surface area contributed by atoms with E-state index >= 15 is 0 Å². The highest BCUT2D eigenvalue weighted by Crippen LogP contribution is 2.40. The van der Waals surface area contributed by atoms with Crippen LogP contribution in [-0.4, -0.2) is 22.9 Å². The first kappa shape index (κ1) is 10.2. The maximum absolute atomic E-state index is 9.68. The molecule has 3 atom stereocenters. The number of rotatable bonds is 1. The summed E-state index contributed by atoms with van der Waals surface area (Å²) < 4.78 is 6.06. The van der Waals surface area contributed by atoms with Gasteiger partial charge >= 0.3 is 0 Å². The molecular weight excluding hydrogens is 176 g/mol. The third-order valence-electron chi connectivity index (χ3n) is 3.56. The summed E-state index contributed by atoms with van der Waals surface area (Å²) in [7, 11) is 0. The van der Waals surface area contributed by atoms with Crippen LogP contribution in [0.15, 0.2) is 12.7 Å². The maximum atomic E-state index is 9.68. The van der Waals surface area contributed by atoms with Crippen molar-refractivity contribution in [1.82, 2.24) is 0 Å². The van der Waals surface area contributed by atoms with Crippen LogP contribution in [0.1, 0.15) is 44.9 Å². The quantitative estimate of drug-likeness (QED) is 0.653. The molecule has 1 heterocycles. The van der Waals surface area contributed by atoms with E-state index in [1.807, 2.05) is 6.08 Å². The molecule has 0 aromatic rings. The highest BCUT2D eigenvalue weighted by molar-refractivity contribution is 4.95. The van der Waals surface area contributed by atoms with Gasteiger partial charge < -0.3 is 9.84 Å². The topological polar surface area (TPSA) is 29.5 Å². The summed E-state index contributed by atoms with van der Waals surface area (Å²) in [5.41, 5.74) is -0.0191. The van der Waals surface area contributed by atoms with Crippen molar-refractivity contribution in [3.05, 3.63) is 12.7 Å². The molecule has 1 unspecified atom stereocenters. The molecular formula is C12H20O2. The van der Waals surface area contributed by atoms with Gasteiger partial charge in [-0.05, 0) is 38.5 Å². The largest absolute Gasteiger partial charge is 0.393 e. The van der Waals surface area contributed by atoms with Crippen molar-refractivity contribution in [2.24, 2.45) is 0 Å². The Hall–Kier alpha value is -0.340. The predicted molar refractivity (Wildman–Crippen MR) is 56.1 cm³/mol. The lowest BCUT2D eigenvalue weighted by molar-refractivity contribution is -0.147. The molecule has 1 saturated carbocycles. The van der Waals surface area contributed by atoms with Gasteiger partial charge in [-0.2, -0.15) is 0 Å². The number of hydrogen-bond acceptors (Lipinski definition) is 2. The molecule has 1 aliphatic heterocycles. The summed E-state index contributed by atoms with van der Waals surface area (Å²) >= 11 is 0. The Morgan fingerprint density at radius 1 is 1.29 bits per heavy atom. The Kier molecular flexibility index (Phi) is 2.93. The summed E-state index contributed by atoms with van der Waals surface area (Å²) in [5, 5.41) is 9.68. The second-order valence-electron chi connectivity index (χ2n) is 4.72. The highest BCUT2D eigenvalue weighted by Gasteiger charge is 2.40. The van der Waals surface area contributed by atoms with Gasteiger partial charge in [0, 0.05) is 6.42 Å². The molecule has 80 valence electrons. The molecule has 0 aromatic heterocycles. The molecule has 2 aliphatic rings. The van der Waals surface area contributed by atoms with E-state index < -0.39 is 0 Å². The van der Waals surface area contributed by atoms with E-state index in [0.29, 0.717) is 0 Å². The first-order chi connectivity index (χ1) is 6.74. The molecule has 2 heteroatoms. The summed E-state index contributed by atoms with van der Waals surface area (Å²) in [6, 6.07) is 0. The zero-order chi connectivity index (χ0) is 10.0. The van der Waals surface area contributed by atoms with Crippen molar-refractivity contribution in [3.63, 3.8) is 0 Å². The first-order valence-electron chi connectivity index (χ1n) is 5.73. The van der Waals surface area contributed by atoms with Gasteiger partial charge in [0.05, 0.1) is 17.8 Å². The van der Waals surface area contributed by atoms with Crippen LogP contribution in [0, 0.1) is 0 Å². The van der Waals surface area contributed by atoms with E-state index in [2.05, 4.69) is 6.58 Å². The van der Waals surface area contributed by atoms with Crippen LogP contribution in [0.2, 0.25) is 0 Å². The second kappa shape index (κ2) is 4.03. The Morgan fingerprint density at radius 2 is 2.00 bits per heavy atom. The predicted octanol–water partition coefficient (Wildman–Crippen LogP) is 2.42. The van der Waals surface area contributed by atoms with Gasteiger partial charge in [-0.3, -0.25) is 0 Å². The van der Waals surface area contributed by atoms with E-state index in [9.17, 15) is 5.11 Å². The van der Waals surface area contributed by atoms with E-state index in [1.165, 1.54) is 6.42 Å². The minimum atomic E-state index is -0.146. The number of hydrogen-bond donors (Lipinski definition) is 1. The van der Waals surface area contributed by atoms with Gasteiger partial charge in [0.2, 0.25) is 0 Å².